The molecule has 0 spiro atoms. The Bertz CT molecular complexity index is 546. The second-order valence-corrected chi connectivity index (χ2v) is 4.91. The standard InChI is InChI=1S/C14H18N2O5/c1-9(13(17)15-14(18)19-3)16(2)7-10-4-5-11-12(6-10)21-8-20-11/h4-6,9H,7-8H2,1-3H3,(H,15,17,18)/p+1/t9-/m0/s1. The van der Waals surface area contributed by atoms with Gasteiger partial charge in [-0.05, 0) is 25.1 Å². The van der Waals surface area contributed by atoms with E-state index in [1.54, 1.807) is 6.92 Å². The molecular formula is C14H19N2O5+. The Hall–Kier alpha value is -2.28. The highest BCUT2D eigenvalue weighted by Crippen LogP contribution is 2.32. The molecule has 0 aromatic heterocycles. The van der Waals surface area contributed by atoms with Crippen LogP contribution in [0.2, 0.25) is 0 Å². The van der Waals surface area contributed by atoms with Crippen LogP contribution in [0.5, 0.6) is 11.5 Å². The predicted octanol–water partition coefficient (Wildman–Crippen LogP) is -0.299. The van der Waals surface area contributed by atoms with Crippen LogP contribution in [0.3, 0.4) is 0 Å². The van der Waals surface area contributed by atoms with Crippen LogP contribution in [0, 0.1) is 0 Å². The molecule has 2 amide bonds. The van der Waals surface area contributed by atoms with Gasteiger partial charge in [-0.1, -0.05) is 0 Å². The summed E-state index contributed by atoms with van der Waals surface area (Å²) >= 11 is 0. The van der Waals surface area contributed by atoms with Gasteiger partial charge in [0.05, 0.1) is 14.2 Å². The molecule has 114 valence electrons. The predicted molar refractivity (Wildman–Crippen MR) is 73.2 cm³/mol. The van der Waals surface area contributed by atoms with Crippen molar-refractivity contribution in [3.63, 3.8) is 0 Å². The second kappa shape index (κ2) is 6.45. The van der Waals surface area contributed by atoms with E-state index in [4.69, 9.17) is 9.47 Å². The van der Waals surface area contributed by atoms with Gasteiger partial charge in [0.25, 0.3) is 5.91 Å². The Balaban J connectivity index is 1.95. The third-order valence-corrected chi connectivity index (χ3v) is 3.46. The highest BCUT2D eigenvalue weighted by molar-refractivity contribution is 5.93. The van der Waals surface area contributed by atoms with E-state index in [9.17, 15) is 9.59 Å². The quantitative estimate of drug-likeness (QED) is 0.797. The summed E-state index contributed by atoms with van der Waals surface area (Å²) in [7, 11) is 3.10. The molecule has 0 bridgehead atoms. The Labute approximate surface area is 122 Å². The number of likely N-dealkylation sites (N-methyl/N-ethyl adjacent to an activating group) is 1. The number of hydrogen-bond donors (Lipinski definition) is 2. The van der Waals surface area contributed by atoms with Gasteiger partial charge < -0.3 is 19.1 Å². The molecule has 2 atom stereocenters. The summed E-state index contributed by atoms with van der Waals surface area (Å²) in [5.41, 5.74) is 1.02. The van der Waals surface area contributed by atoms with Gasteiger partial charge in [0.2, 0.25) is 6.79 Å². The molecule has 0 saturated carbocycles. The minimum Gasteiger partial charge on any atom is -0.454 e. The van der Waals surface area contributed by atoms with Crippen molar-refractivity contribution in [2.24, 2.45) is 0 Å². The van der Waals surface area contributed by atoms with Crippen LogP contribution in [0.15, 0.2) is 18.2 Å². The number of quaternary nitrogens is 1. The molecule has 21 heavy (non-hydrogen) atoms. The summed E-state index contributed by atoms with van der Waals surface area (Å²) in [6, 6.07) is 5.29. The fraction of sp³-hybridized carbons (Fsp3) is 0.429. The summed E-state index contributed by atoms with van der Waals surface area (Å²) in [4.78, 5) is 23.8. The van der Waals surface area contributed by atoms with E-state index < -0.39 is 12.1 Å². The first kappa shape index (κ1) is 15.1. The van der Waals surface area contributed by atoms with Crippen molar-refractivity contribution in [1.82, 2.24) is 5.32 Å². The molecule has 1 aromatic rings. The number of carbonyl (C=O) groups is 2. The number of amides is 2. The average molecular weight is 295 g/mol. The molecule has 0 aliphatic carbocycles. The van der Waals surface area contributed by atoms with Crippen molar-refractivity contribution >= 4 is 12.0 Å². The minimum atomic E-state index is -0.747. The number of nitrogens with one attached hydrogen (secondary N) is 2. The highest BCUT2D eigenvalue weighted by atomic mass is 16.7. The molecule has 2 rings (SSSR count). The number of fused-ring (bicyclic) bond motifs is 1. The van der Waals surface area contributed by atoms with Crippen LogP contribution in [-0.2, 0) is 16.1 Å². The van der Waals surface area contributed by atoms with Gasteiger partial charge in [-0.25, -0.2) is 4.79 Å². The van der Waals surface area contributed by atoms with Gasteiger partial charge in [0.1, 0.15) is 6.54 Å². The van der Waals surface area contributed by atoms with Crippen LogP contribution in [0.25, 0.3) is 0 Å². The minimum absolute atomic E-state index is 0.236. The lowest BCUT2D eigenvalue weighted by Gasteiger charge is -2.20. The molecule has 1 aliphatic heterocycles. The Morgan fingerprint density at radius 2 is 2.10 bits per heavy atom. The molecule has 1 heterocycles. The topological polar surface area (TPSA) is 78.3 Å². The van der Waals surface area contributed by atoms with E-state index in [-0.39, 0.29) is 12.7 Å². The average Bonchev–Trinajstić information content (AvgIpc) is 2.93. The molecule has 7 nitrogen and oxygen atoms in total. The highest BCUT2D eigenvalue weighted by Gasteiger charge is 2.24. The fourth-order valence-corrected chi connectivity index (χ4v) is 2.01. The summed E-state index contributed by atoms with van der Waals surface area (Å²) in [6.07, 6.45) is -0.747. The van der Waals surface area contributed by atoms with Crippen LogP contribution in [0.4, 0.5) is 4.79 Å². The van der Waals surface area contributed by atoms with Crippen molar-refractivity contribution in [3.05, 3.63) is 23.8 Å². The molecule has 1 aliphatic rings. The zero-order valence-electron chi connectivity index (χ0n) is 12.3. The third kappa shape index (κ3) is 3.63. The number of rotatable bonds is 4. The van der Waals surface area contributed by atoms with E-state index in [1.807, 2.05) is 25.2 Å². The molecule has 1 unspecified atom stereocenters. The molecule has 0 fully saturated rings. The Morgan fingerprint density at radius 1 is 1.38 bits per heavy atom. The lowest BCUT2D eigenvalue weighted by molar-refractivity contribution is -0.908. The zero-order valence-corrected chi connectivity index (χ0v) is 12.3. The number of hydrogen-bond acceptors (Lipinski definition) is 5. The van der Waals surface area contributed by atoms with Crippen LogP contribution in [-0.4, -0.2) is 39.0 Å². The number of carbonyl (C=O) groups excluding carboxylic acids is 2. The maximum Gasteiger partial charge on any atom is 0.413 e. The van der Waals surface area contributed by atoms with Crippen molar-refractivity contribution < 1.29 is 28.7 Å². The number of imide groups is 1. The van der Waals surface area contributed by atoms with Crippen LogP contribution >= 0.6 is 0 Å². The van der Waals surface area contributed by atoms with Crippen molar-refractivity contribution in [2.45, 2.75) is 19.5 Å². The summed E-state index contributed by atoms with van der Waals surface area (Å²) < 4.78 is 15.0. The van der Waals surface area contributed by atoms with Gasteiger partial charge in [0, 0.05) is 5.56 Å². The second-order valence-electron chi connectivity index (χ2n) is 4.91. The first-order valence-corrected chi connectivity index (χ1v) is 6.61. The molecule has 0 saturated heterocycles. The van der Waals surface area contributed by atoms with Crippen LogP contribution < -0.4 is 19.7 Å². The van der Waals surface area contributed by atoms with Gasteiger partial charge in [0.15, 0.2) is 17.5 Å². The Kier molecular flexibility index (Phi) is 4.64. The summed E-state index contributed by atoms with van der Waals surface area (Å²) in [5.74, 6) is 1.07. The number of methoxy groups -OCH3 is 1. The lowest BCUT2D eigenvalue weighted by atomic mass is 10.1. The number of benzene rings is 1. The summed E-state index contributed by atoms with van der Waals surface area (Å²) in [5, 5.41) is 2.17. The largest absolute Gasteiger partial charge is 0.454 e. The van der Waals surface area contributed by atoms with Gasteiger partial charge in [-0.15, -0.1) is 0 Å². The zero-order chi connectivity index (χ0) is 15.4. The molecule has 7 heteroatoms. The number of ether oxygens (including phenoxy) is 3. The molecule has 1 aromatic carbocycles. The molecule has 2 N–H and O–H groups in total. The van der Waals surface area contributed by atoms with Gasteiger partial charge in [-0.2, -0.15) is 0 Å². The fourth-order valence-electron chi connectivity index (χ4n) is 2.01. The van der Waals surface area contributed by atoms with E-state index in [1.165, 1.54) is 7.11 Å². The Morgan fingerprint density at radius 3 is 2.81 bits per heavy atom. The van der Waals surface area contributed by atoms with E-state index >= 15 is 0 Å². The maximum atomic E-state index is 11.9. The van der Waals surface area contributed by atoms with E-state index in [2.05, 4.69) is 10.1 Å². The SMILES string of the molecule is COC(=O)NC(=O)[C@H](C)[NH+](C)Cc1ccc2c(c1)OCO2. The summed E-state index contributed by atoms with van der Waals surface area (Å²) in [6.45, 7) is 2.60. The third-order valence-electron chi connectivity index (χ3n) is 3.46. The van der Waals surface area contributed by atoms with Gasteiger partial charge in [-0.3, -0.25) is 10.1 Å². The smallest absolute Gasteiger partial charge is 0.413 e. The van der Waals surface area contributed by atoms with Crippen molar-refractivity contribution in [1.29, 1.82) is 0 Å². The maximum absolute atomic E-state index is 11.9. The van der Waals surface area contributed by atoms with E-state index in [0.717, 1.165) is 16.2 Å². The first-order valence-electron chi connectivity index (χ1n) is 6.61. The monoisotopic (exact) mass is 295 g/mol. The first-order chi connectivity index (χ1) is 10.0. The van der Waals surface area contributed by atoms with Gasteiger partial charge >= 0.3 is 6.09 Å². The van der Waals surface area contributed by atoms with E-state index in [0.29, 0.717) is 12.3 Å². The lowest BCUT2D eigenvalue weighted by Crippen LogP contribution is -3.12. The van der Waals surface area contributed by atoms with Crippen LogP contribution in [0.1, 0.15) is 12.5 Å². The van der Waals surface area contributed by atoms with Crippen molar-refractivity contribution in [3.8, 4) is 11.5 Å². The molecule has 0 radical (unpaired) electrons. The normalized spacial score (nSPS) is 15.2. The van der Waals surface area contributed by atoms with Crippen molar-refractivity contribution in [2.75, 3.05) is 21.0 Å². The molecular weight excluding hydrogens is 276 g/mol. The number of alkyl carbamates (subject to hydrolysis) is 1.